The summed E-state index contributed by atoms with van der Waals surface area (Å²) in [7, 11) is 0. The zero-order valence-electron chi connectivity index (χ0n) is 10.3. The molecule has 16 heavy (non-hydrogen) atoms. The number of carbonyl (C=O) groups is 2. The number of rotatable bonds is 3. The summed E-state index contributed by atoms with van der Waals surface area (Å²) in [6.07, 6.45) is 1.07. The molecular weight excluding hydrogens is 228 g/mol. The normalized spacial score (nSPS) is 30.6. The van der Waals surface area contributed by atoms with Gasteiger partial charge in [0.2, 0.25) is 0 Å². The largest absolute Gasteiger partial charge is 0.465 e. The Kier molecular flexibility index (Phi) is 3.68. The molecule has 0 N–H and O–H groups in total. The van der Waals surface area contributed by atoms with Crippen LogP contribution in [0.5, 0.6) is 0 Å². The Balaban J connectivity index is 3.05. The van der Waals surface area contributed by atoms with Crippen molar-refractivity contribution in [1.82, 2.24) is 0 Å². The fraction of sp³-hybridized carbons (Fsp3) is 0.833. The highest BCUT2D eigenvalue weighted by Crippen LogP contribution is 2.49. The van der Waals surface area contributed by atoms with Crippen molar-refractivity contribution in [3.8, 4) is 0 Å². The Morgan fingerprint density at radius 1 is 1.62 bits per heavy atom. The lowest BCUT2D eigenvalue weighted by Gasteiger charge is -2.35. The van der Waals surface area contributed by atoms with E-state index < -0.39 is 16.3 Å². The molecule has 0 aromatic carbocycles. The van der Waals surface area contributed by atoms with Crippen LogP contribution in [0.15, 0.2) is 0 Å². The fourth-order valence-corrected chi connectivity index (χ4v) is 2.91. The zero-order valence-corrected chi connectivity index (χ0v) is 11.1. The number of ketones is 1. The van der Waals surface area contributed by atoms with Crippen molar-refractivity contribution in [1.29, 1.82) is 0 Å². The van der Waals surface area contributed by atoms with E-state index in [-0.39, 0.29) is 18.3 Å². The van der Waals surface area contributed by atoms with Crippen molar-refractivity contribution in [3.63, 3.8) is 0 Å². The van der Waals surface area contributed by atoms with Crippen LogP contribution in [-0.4, -0.2) is 23.2 Å². The van der Waals surface area contributed by atoms with Gasteiger partial charge in [0.05, 0.1) is 6.61 Å². The zero-order chi connectivity index (χ0) is 12.6. The van der Waals surface area contributed by atoms with Gasteiger partial charge in [-0.05, 0) is 34.1 Å². The highest BCUT2D eigenvalue weighted by atomic mass is 35.5. The predicted molar refractivity (Wildman–Crippen MR) is 62.4 cm³/mol. The first-order valence-electron chi connectivity index (χ1n) is 5.64. The summed E-state index contributed by atoms with van der Waals surface area (Å²) < 4.78 is 5.01. The lowest BCUT2D eigenvalue weighted by atomic mass is 9.73. The van der Waals surface area contributed by atoms with Crippen LogP contribution < -0.4 is 0 Å². The van der Waals surface area contributed by atoms with E-state index in [0.717, 1.165) is 0 Å². The Bertz CT molecular complexity index is 306. The molecule has 0 aromatic rings. The molecule has 0 spiro atoms. The number of Topliss-reactive ketones (excluding diaryl/α,β-unsaturated/α-hetero) is 1. The Hall–Kier alpha value is -0.570. The maximum Gasteiger partial charge on any atom is 0.319 e. The summed E-state index contributed by atoms with van der Waals surface area (Å²) in [4.78, 5) is 23.3. The minimum atomic E-state index is -1.07. The van der Waals surface area contributed by atoms with Gasteiger partial charge in [-0.2, -0.15) is 0 Å². The van der Waals surface area contributed by atoms with Gasteiger partial charge in [-0.3, -0.25) is 9.59 Å². The van der Waals surface area contributed by atoms with Gasteiger partial charge in [0.15, 0.2) is 0 Å². The molecule has 1 aliphatic rings. The van der Waals surface area contributed by atoms with E-state index in [9.17, 15) is 9.59 Å². The van der Waals surface area contributed by atoms with Gasteiger partial charge in [-0.1, -0.05) is 0 Å². The van der Waals surface area contributed by atoms with Gasteiger partial charge in [0.1, 0.15) is 11.2 Å². The first kappa shape index (κ1) is 13.5. The molecule has 0 amide bonds. The minimum Gasteiger partial charge on any atom is -0.465 e. The van der Waals surface area contributed by atoms with E-state index in [2.05, 4.69) is 0 Å². The number of ether oxygens (including phenoxy) is 1. The third-order valence-electron chi connectivity index (χ3n) is 3.46. The number of hydrogen-bond acceptors (Lipinski definition) is 3. The molecule has 0 heterocycles. The van der Waals surface area contributed by atoms with E-state index in [4.69, 9.17) is 16.3 Å². The second-order valence-corrected chi connectivity index (χ2v) is 5.98. The Labute approximate surface area is 101 Å². The van der Waals surface area contributed by atoms with Gasteiger partial charge in [-0.25, -0.2) is 0 Å². The van der Waals surface area contributed by atoms with Crippen molar-refractivity contribution in [2.24, 2.45) is 11.3 Å². The van der Waals surface area contributed by atoms with E-state index in [0.29, 0.717) is 12.8 Å². The first-order valence-corrected chi connectivity index (χ1v) is 6.01. The van der Waals surface area contributed by atoms with Crippen LogP contribution in [0.4, 0.5) is 0 Å². The molecule has 1 rings (SSSR count). The van der Waals surface area contributed by atoms with E-state index in [1.165, 1.54) is 0 Å². The molecule has 0 bridgehead atoms. The summed E-state index contributed by atoms with van der Waals surface area (Å²) in [6, 6.07) is 0. The van der Waals surface area contributed by atoms with Crippen molar-refractivity contribution in [3.05, 3.63) is 0 Å². The summed E-state index contributed by atoms with van der Waals surface area (Å²) >= 11 is 6.27. The van der Waals surface area contributed by atoms with Gasteiger partial charge in [0.25, 0.3) is 0 Å². The molecule has 1 fully saturated rings. The summed E-state index contributed by atoms with van der Waals surface area (Å²) in [5.74, 6) is -0.644. The highest BCUT2D eigenvalue weighted by Gasteiger charge is 2.57. The number of halogens is 1. The van der Waals surface area contributed by atoms with Crippen LogP contribution in [-0.2, 0) is 14.3 Å². The quantitative estimate of drug-likeness (QED) is 0.437. The number of carbonyl (C=O) groups excluding carboxylic acids is 2. The van der Waals surface area contributed by atoms with E-state index >= 15 is 0 Å². The lowest BCUT2D eigenvalue weighted by molar-refractivity contribution is -0.160. The summed E-state index contributed by atoms with van der Waals surface area (Å²) in [5, 5.41) is 0. The highest BCUT2D eigenvalue weighted by molar-refractivity contribution is 6.24. The van der Waals surface area contributed by atoms with Crippen LogP contribution in [0, 0.1) is 11.3 Å². The molecule has 0 unspecified atom stereocenters. The average molecular weight is 247 g/mol. The second-order valence-electron chi connectivity index (χ2n) is 5.00. The van der Waals surface area contributed by atoms with Crippen LogP contribution >= 0.6 is 11.6 Å². The Morgan fingerprint density at radius 3 is 2.62 bits per heavy atom. The maximum atomic E-state index is 11.9. The second kappa shape index (κ2) is 4.36. The number of esters is 1. The monoisotopic (exact) mass is 246 g/mol. The molecule has 0 aliphatic heterocycles. The van der Waals surface area contributed by atoms with Gasteiger partial charge in [0, 0.05) is 17.2 Å². The average Bonchev–Trinajstić information content (AvgIpc) is 2.44. The van der Waals surface area contributed by atoms with Gasteiger partial charge < -0.3 is 4.74 Å². The Morgan fingerprint density at radius 2 is 2.19 bits per heavy atom. The third-order valence-corrected chi connectivity index (χ3v) is 3.73. The topological polar surface area (TPSA) is 43.4 Å². The molecule has 0 aromatic heterocycles. The smallest absolute Gasteiger partial charge is 0.319 e. The van der Waals surface area contributed by atoms with Crippen LogP contribution in [0.3, 0.4) is 0 Å². The molecule has 2 atom stereocenters. The molecule has 92 valence electrons. The number of hydrogen-bond donors (Lipinski definition) is 0. The summed E-state index contributed by atoms with van der Waals surface area (Å²) in [5.41, 5.74) is -1.07. The summed E-state index contributed by atoms with van der Waals surface area (Å²) in [6.45, 7) is 7.37. The SMILES string of the molecule is CCOC(=O)[C@]1(C)C(=O)CC[C@H]1C(C)(C)Cl. The molecule has 4 heteroatoms. The molecule has 1 saturated carbocycles. The third kappa shape index (κ3) is 2.10. The van der Waals surface area contributed by atoms with Crippen molar-refractivity contribution >= 4 is 23.4 Å². The molecular formula is C12H19ClO3. The van der Waals surface area contributed by atoms with Crippen molar-refractivity contribution in [2.45, 2.75) is 45.4 Å². The van der Waals surface area contributed by atoms with Crippen molar-refractivity contribution in [2.75, 3.05) is 6.61 Å². The predicted octanol–water partition coefficient (Wildman–Crippen LogP) is 2.55. The standard InChI is InChI=1S/C12H19ClO3/c1-5-16-10(15)12(4)8(11(2,3)13)6-7-9(12)14/h8H,5-7H2,1-4H3/t8-,12-/m0/s1. The van der Waals surface area contributed by atoms with Crippen LogP contribution in [0.25, 0.3) is 0 Å². The van der Waals surface area contributed by atoms with E-state index in [1.807, 2.05) is 13.8 Å². The van der Waals surface area contributed by atoms with E-state index in [1.54, 1.807) is 13.8 Å². The molecule has 3 nitrogen and oxygen atoms in total. The van der Waals surface area contributed by atoms with Gasteiger partial charge >= 0.3 is 5.97 Å². The van der Waals surface area contributed by atoms with Gasteiger partial charge in [-0.15, -0.1) is 11.6 Å². The maximum absolute atomic E-state index is 11.9. The van der Waals surface area contributed by atoms with Crippen LogP contribution in [0.2, 0.25) is 0 Å². The molecule has 0 saturated heterocycles. The van der Waals surface area contributed by atoms with Crippen LogP contribution in [0.1, 0.15) is 40.5 Å². The number of alkyl halides is 1. The van der Waals surface area contributed by atoms with Crippen molar-refractivity contribution < 1.29 is 14.3 Å². The lowest BCUT2D eigenvalue weighted by Crippen LogP contribution is -2.45. The fourth-order valence-electron chi connectivity index (χ4n) is 2.58. The first-order chi connectivity index (χ1) is 7.24. The minimum absolute atomic E-state index is 0.0512. The molecule has 0 radical (unpaired) electrons. The molecule has 1 aliphatic carbocycles.